The highest BCUT2D eigenvalue weighted by molar-refractivity contribution is 7.88. The molecule has 1 fully saturated rings. The molecule has 2 aromatic carbocycles. The Morgan fingerprint density at radius 1 is 1.23 bits per heavy atom. The van der Waals surface area contributed by atoms with Crippen LogP contribution in [0.1, 0.15) is 29.3 Å². The van der Waals surface area contributed by atoms with Crippen molar-refractivity contribution in [3.8, 4) is 5.75 Å². The predicted octanol–water partition coefficient (Wildman–Crippen LogP) is 2.52. The van der Waals surface area contributed by atoms with Gasteiger partial charge in [0.05, 0.1) is 17.1 Å². The lowest BCUT2D eigenvalue weighted by Crippen LogP contribution is -2.46. The molecule has 2 heterocycles. The summed E-state index contributed by atoms with van der Waals surface area (Å²) in [6.07, 6.45) is -0.222. The van der Waals surface area contributed by atoms with E-state index in [2.05, 4.69) is 5.32 Å². The molecule has 0 aliphatic carbocycles. The number of halogens is 3. The Kier molecular flexibility index (Phi) is 8.23. The molecule has 3 N–H and O–H groups in total. The lowest BCUT2D eigenvalue weighted by molar-refractivity contribution is -0.139. The standard InChI is InChI=1S/C25H25ClF2N4O6S/c1-14(33)19-11-31(21-8-17(5-6-18(19)21)38-13-39(29,36)37)12-23(34)32-10-16(27)7-22(32)25(35)30-9-15-3-2-4-20(26)24(15)28/h2-6,8,11,16,22H,7,9-10,12-13H2,1H3,(H,30,35)(H2,29,36,37)/t16-,22+/m1/s1. The Bertz CT molecular complexity index is 1560. The van der Waals surface area contributed by atoms with Crippen LogP contribution >= 0.6 is 11.6 Å². The van der Waals surface area contributed by atoms with E-state index >= 15 is 0 Å². The van der Waals surface area contributed by atoms with E-state index in [4.69, 9.17) is 21.5 Å². The Hall–Kier alpha value is -3.55. The smallest absolute Gasteiger partial charge is 0.244 e. The van der Waals surface area contributed by atoms with Crippen LogP contribution in [0, 0.1) is 5.82 Å². The number of ketones is 1. The first-order valence-corrected chi connectivity index (χ1v) is 13.8. The van der Waals surface area contributed by atoms with Crippen LogP contribution in [0.15, 0.2) is 42.6 Å². The Morgan fingerprint density at radius 2 is 1.97 bits per heavy atom. The fourth-order valence-corrected chi connectivity index (χ4v) is 4.95. The van der Waals surface area contributed by atoms with Gasteiger partial charge >= 0.3 is 0 Å². The highest BCUT2D eigenvalue weighted by Crippen LogP contribution is 2.28. The number of benzene rings is 2. The lowest BCUT2D eigenvalue weighted by Gasteiger charge is -2.24. The summed E-state index contributed by atoms with van der Waals surface area (Å²) in [5.74, 6) is -2.85. The zero-order valence-electron chi connectivity index (χ0n) is 20.7. The summed E-state index contributed by atoms with van der Waals surface area (Å²) in [6.45, 7) is 0.488. The molecule has 4 rings (SSSR count). The number of fused-ring (bicyclic) bond motifs is 1. The number of sulfonamides is 1. The molecule has 0 bridgehead atoms. The van der Waals surface area contributed by atoms with Gasteiger partial charge in [-0.3, -0.25) is 14.4 Å². The first-order valence-electron chi connectivity index (χ1n) is 11.7. The fourth-order valence-electron chi connectivity index (χ4n) is 4.45. The lowest BCUT2D eigenvalue weighted by atomic mass is 10.1. The number of rotatable bonds is 9. The van der Waals surface area contributed by atoms with Crippen LogP contribution in [-0.4, -0.2) is 60.2 Å². The predicted molar refractivity (Wildman–Crippen MR) is 139 cm³/mol. The van der Waals surface area contributed by atoms with Crippen LogP contribution in [-0.2, 0) is 32.7 Å². The van der Waals surface area contributed by atoms with E-state index in [-0.39, 0.29) is 48.2 Å². The molecular weight excluding hydrogens is 558 g/mol. The number of aromatic nitrogens is 1. The van der Waals surface area contributed by atoms with Crippen LogP contribution in [0.25, 0.3) is 10.9 Å². The third-order valence-electron chi connectivity index (χ3n) is 6.29. The molecule has 208 valence electrons. The van der Waals surface area contributed by atoms with Crippen molar-refractivity contribution in [2.24, 2.45) is 5.14 Å². The van der Waals surface area contributed by atoms with Gasteiger partial charge in [-0.15, -0.1) is 0 Å². The third kappa shape index (κ3) is 6.54. The number of nitrogens with two attached hydrogens (primary N) is 1. The number of carbonyl (C=O) groups excluding carboxylic acids is 3. The van der Waals surface area contributed by atoms with Gasteiger partial charge in [0.2, 0.25) is 27.8 Å². The normalized spacial score (nSPS) is 17.4. The quantitative estimate of drug-likeness (QED) is 0.372. The van der Waals surface area contributed by atoms with E-state index < -0.39 is 45.8 Å². The molecule has 1 saturated heterocycles. The van der Waals surface area contributed by atoms with Crippen molar-refractivity contribution < 1.29 is 36.3 Å². The van der Waals surface area contributed by atoms with E-state index in [0.717, 1.165) is 4.90 Å². The molecule has 1 aliphatic rings. The van der Waals surface area contributed by atoms with Crippen molar-refractivity contribution >= 4 is 50.1 Å². The molecule has 1 aliphatic heterocycles. The second kappa shape index (κ2) is 11.3. The van der Waals surface area contributed by atoms with Crippen molar-refractivity contribution in [3.63, 3.8) is 0 Å². The van der Waals surface area contributed by atoms with Crippen LogP contribution < -0.4 is 15.2 Å². The maximum absolute atomic E-state index is 14.4. The van der Waals surface area contributed by atoms with Gasteiger partial charge in [-0.2, -0.15) is 0 Å². The molecule has 0 unspecified atom stereocenters. The number of carbonyl (C=O) groups is 3. The van der Waals surface area contributed by atoms with Crippen molar-refractivity contribution in [1.29, 1.82) is 0 Å². The largest absolute Gasteiger partial charge is 0.476 e. The third-order valence-corrected chi connectivity index (χ3v) is 7.02. The Balaban J connectivity index is 1.54. The van der Waals surface area contributed by atoms with Gasteiger partial charge in [-0.05, 0) is 25.1 Å². The summed E-state index contributed by atoms with van der Waals surface area (Å²) >= 11 is 5.77. The maximum atomic E-state index is 14.4. The van der Waals surface area contributed by atoms with Gasteiger partial charge in [0, 0.05) is 41.7 Å². The maximum Gasteiger partial charge on any atom is 0.244 e. The molecule has 3 aromatic rings. The van der Waals surface area contributed by atoms with E-state index in [1.165, 1.54) is 48.0 Å². The van der Waals surface area contributed by atoms with Crippen molar-refractivity contribution in [1.82, 2.24) is 14.8 Å². The summed E-state index contributed by atoms with van der Waals surface area (Å²) in [5, 5.41) is 7.90. The number of amides is 2. The van der Waals surface area contributed by atoms with Crippen molar-refractivity contribution in [2.75, 3.05) is 12.5 Å². The average Bonchev–Trinajstić information content (AvgIpc) is 3.43. The number of alkyl halides is 1. The second-order valence-corrected chi connectivity index (χ2v) is 11.1. The zero-order chi connectivity index (χ0) is 28.5. The van der Waals surface area contributed by atoms with E-state index in [1.807, 2.05) is 0 Å². The molecule has 1 aromatic heterocycles. The summed E-state index contributed by atoms with van der Waals surface area (Å²) in [4.78, 5) is 39.5. The minimum atomic E-state index is -3.92. The summed E-state index contributed by atoms with van der Waals surface area (Å²) in [7, 11) is -3.92. The summed E-state index contributed by atoms with van der Waals surface area (Å²) in [5.41, 5.74) is 0.826. The van der Waals surface area contributed by atoms with E-state index in [0.29, 0.717) is 16.5 Å². The molecule has 14 heteroatoms. The van der Waals surface area contributed by atoms with Gasteiger partial charge < -0.3 is 19.5 Å². The Morgan fingerprint density at radius 3 is 2.67 bits per heavy atom. The van der Waals surface area contributed by atoms with Crippen LogP contribution in [0.3, 0.4) is 0 Å². The number of nitrogens with one attached hydrogen (secondary N) is 1. The zero-order valence-corrected chi connectivity index (χ0v) is 22.3. The summed E-state index contributed by atoms with van der Waals surface area (Å²) in [6, 6.07) is 7.67. The molecular formula is C25H25ClF2N4O6S. The van der Waals surface area contributed by atoms with Gasteiger partial charge in [-0.1, -0.05) is 23.7 Å². The Labute approximate surface area is 227 Å². The van der Waals surface area contributed by atoms with Gasteiger partial charge in [0.25, 0.3) is 0 Å². The molecule has 2 atom stereocenters. The highest BCUT2D eigenvalue weighted by Gasteiger charge is 2.39. The topological polar surface area (TPSA) is 141 Å². The molecule has 0 radical (unpaired) electrons. The van der Waals surface area contributed by atoms with Crippen molar-refractivity contribution in [3.05, 3.63) is 64.6 Å². The monoisotopic (exact) mass is 582 g/mol. The number of hydrogen-bond donors (Lipinski definition) is 2. The minimum Gasteiger partial charge on any atom is -0.476 e. The fraction of sp³-hybridized carbons (Fsp3) is 0.320. The average molecular weight is 583 g/mol. The van der Waals surface area contributed by atoms with Gasteiger partial charge in [0.15, 0.2) is 5.78 Å². The minimum absolute atomic E-state index is 0.106. The van der Waals surface area contributed by atoms with E-state index in [1.54, 1.807) is 6.07 Å². The second-order valence-electron chi connectivity index (χ2n) is 9.16. The number of likely N-dealkylation sites (tertiary alicyclic amines) is 1. The number of Topliss-reactive ketones (excluding diaryl/α,β-unsaturated/α-hetero) is 1. The van der Waals surface area contributed by atoms with Crippen LogP contribution in [0.5, 0.6) is 5.75 Å². The van der Waals surface area contributed by atoms with E-state index in [9.17, 15) is 31.6 Å². The highest BCUT2D eigenvalue weighted by atomic mass is 35.5. The number of primary sulfonamides is 1. The number of nitrogens with zero attached hydrogens (tertiary/aromatic N) is 2. The first kappa shape index (κ1) is 28.5. The number of ether oxygens (including phenoxy) is 1. The molecule has 0 saturated carbocycles. The molecule has 0 spiro atoms. The molecule has 39 heavy (non-hydrogen) atoms. The van der Waals surface area contributed by atoms with Crippen LogP contribution in [0.4, 0.5) is 8.78 Å². The van der Waals surface area contributed by atoms with Gasteiger partial charge in [0.1, 0.15) is 30.3 Å². The SMILES string of the molecule is CC(=O)c1cn(CC(=O)N2C[C@H](F)C[C@H]2C(=O)NCc2cccc(Cl)c2F)c2cc(OCS(N)(=O)=O)ccc12. The first-order chi connectivity index (χ1) is 18.3. The summed E-state index contributed by atoms with van der Waals surface area (Å²) < 4.78 is 57.7. The molecule has 2 amide bonds. The molecule has 10 nitrogen and oxygen atoms in total. The van der Waals surface area contributed by atoms with Gasteiger partial charge in [-0.25, -0.2) is 22.3 Å². The van der Waals surface area contributed by atoms with Crippen LogP contribution in [0.2, 0.25) is 5.02 Å². The van der Waals surface area contributed by atoms with Crippen molar-refractivity contribution in [2.45, 2.75) is 38.6 Å². The number of hydrogen-bond acceptors (Lipinski definition) is 6.